The van der Waals surface area contributed by atoms with Crippen molar-refractivity contribution in [2.75, 3.05) is 45.8 Å². The van der Waals surface area contributed by atoms with E-state index >= 15 is 0 Å². The number of rotatable bonds is 9. The third kappa shape index (κ3) is 6.48. The van der Waals surface area contributed by atoms with Crippen LogP contribution in [0.4, 0.5) is 4.39 Å². The van der Waals surface area contributed by atoms with E-state index in [-0.39, 0.29) is 11.7 Å². The van der Waals surface area contributed by atoms with Gasteiger partial charge in [-0.2, -0.15) is 0 Å². The lowest BCUT2D eigenvalue weighted by molar-refractivity contribution is -0.132. The SMILES string of the molecule is CCN(CC)C(=O)CN1CCN(Cc2csc(COc3ccc(F)cc3)n2)CC1. The van der Waals surface area contributed by atoms with Crippen LogP contribution in [0.15, 0.2) is 29.6 Å². The quantitative estimate of drug-likeness (QED) is 0.624. The number of carbonyl (C=O) groups excluding carboxylic acids is 1. The number of halogens is 1. The second-order valence-corrected chi connectivity index (χ2v) is 8.04. The van der Waals surface area contributed by atoms with Crippen LogP contribution in [0.25, 0.3) is 0 Å². The molecule has 3 rings (SSSR count). The highest BCUT2D eigenvalue weighted by Crippen LogP contribution is 2.17. The number of carbonyl (C=O) groups is 1. The van der Waals surface area contributed by atoms with E-state index in [0.717, 1.165) is 56.5 Å². The lowest BCUT2D eigenvalue weighted by Crippen LogP contribution is -2.49. The lowest BCUT2D eigenvalue weighted by Gasteiger charge is -2.34. The Morgan fingerprint density at radius 2 is 1.79 bits per heavy atom. The van der Waals surface area contributed by atoms with Gasteiger partial charge < -0.3 is 9.64 Å². The number of thiazole rings is 1. The molecule has 0 unspecified atom stereocenters. The maximum atomic E-state index is 12.9. The number of amides is 1. The molecule has 29 heavy (non-hydrogen) atoms. The summed E-state index contributed by atoms with van der Waals surface area (Å²) in [5, 5.41) is 2.98. The zero-order chi connectivity index (χ0) is 20.6. The number of hydrogen-bond acceptors (Lipinski definition) is 6. The standard InChI is InChI=1S/C21H29FN4O2S/c1-3-26(4-2)21(27)14-25-11-9-24(10-12-25)13-18-16-29-20(23-18)15-28-19-7-5-17(22)6-8-19/h5-8,16H,3-4,9-15H2,1-2H3. The summed E-state index contributed by atoms with van der Waals surface area (Å²) in [7, 11) is 0. The predicted octanol–water partition coefficient (Wildman–Crippen LogP) is 2.85. The van der Waals surface area contributed by atoms with Gasteiger partial charge in [0.2, 0.25) is 5.91 Å². The molecule has 2 heterocycles. The normalized spacial score (nSPS) is 15.4. The van der Waals surface area contributed by atoms with E-state index in [9.17, 15) is 9.18 Å². The third-order valence-corrected chi connectivity index (χ3v) is 5.97. The van der Waals surface area contributed by atoms with Gasteiger partial charge in [-0.15, -0.1) is 11.3 Å². The van der Waals surface area contributed by atoms with Gasteiger partial charge in [0.05, 0.1) is 12.2 Å². The predicted molar refractivity (Wildman–Crippen MR) is 112 cm³/mol. The van der Waals surface area contributed by atoms with Gasteiger partial charge >= 0.3 is 0 Å². The van der Waals surface area contributed by atoms with Gasteiger partial charge in [-0.1, -0.05) is 0 Å². The van der Waals surface area contributed by atoms with Crippen LogP contribution in [-0.2, 0) is 17.9 Å². The highest BCUT2D eigenvalue weighted by atomic mass is 32.1. The first-order chi connectivity index (χ1) is 14.1. The molecule has 1 saturated heterocycles. The number of ether oxygens (including phenoxy) is 1. The van der Waals surface area contributed by atoms with Crippen LogP contribution in [0.2, 0.25) is 0 Å². The molecule has 0 radical (unpaired) electrons. The molecule has 0 N–H and O–H groups in total. The van der Waals surface area contributed by atoms with Crippen LogP contribution < -0.4 is 4.74 Å². The Bertz CT molecular complexity index is 771. The summed E-state index contributed by atoms with van der Waals surface area (Å²) in [6.45, 7) is 11.0. The van der Waals surface area contributed by atoms with Gasteiger partial charge in [0.1, 0.15) is 23.2 Å². The molecular formula is C21H29FN4O2S. The van der Waals surface area contributed by atoms with E-state index in [4.69, 9.17) is 4.74 Å². The van der Waals surface area contributed by atoms with Crippen molar-refractivity contribution in [3.05, 3.63) is 46.2 Å². The maximum absolute atomic E-state index is 12.9. The van der Waals surface area contributed by atoms with Gasteiger partial charge in [0, 0.05) is 51.2 Å². The first-order valence-electron chi connectivity index (χ1n) is 10.1. The molecule has 2 aromatic rings. The Morgan fingerprint density at radius 1 is 1.14 bits per heavy atom. The molecule has 1 aliphatic heterocycles. The molecule has 0 spiro atoms. The third-order valence-electron chi connectivity index (χ3n) is 5.10. The summed E-state index contributed by atoms with van der Waals surface area (Å²) < 4.78 is 18.6. The summed E-state index contributed by atoms with van der Waals surface area (Å²) in [5.41, 5.74) is 1.04. The van der Waals surface area contributed by atoms with Crippen molar-refractivity contribution in [2.24, 2.45) is 0 Å². The monoisotopic (exact) mass is 420 g/mol. The maximum Gasteiger partial charge on any atom is 0.236 e. The Morgan fingerprint density at radius 3 is 2.45 bits per heavy atom. The minimum atomic E-state index is -0.272. The van der Waals surface area contributed by atoms with Crippen molar-refractivity contribution in [1.82, 2.24) is 19.7 Å². The van der Waals surface area contributed by atoms with Crippen LogP contribution in [0.5, 0.6) is 5.75 Å². The zero-order valence-electron chi connectivity index (χ0n) is 17.1. The average Bonchev–Trinajstić information content (AvgIpc) is 3.17. The minimum absolute atomic E-state index is 0.216. The van der Waals surface area contributed by atoms with Crippen LogP contribution in [0.1, 0.15) is 24.5 Å². The molecule has 0 saturated carbocycles. The first-order valence-corrected chi connectivity index (χ1v) is 11.0. The highest BCUT2D eigenvalue weighted by Gasteiger charge is 2.21. The van der Waals surface area contributed by atoms with Gasteiger partial charge in [-0.25, -0.2) is 9.37 Å². The van der Waals surface area contributed by atoms with Crippen LogP contribution in [0, 0.1) is 5.82 Å². The molecule has 8 heteroatoms. The van der Waals surface area contributed by atoms with Crippen LogP contribution in [0.3, 0.4) is 0 Å². The number of piperazine rings is 1. The zero-order valence-corrected chi connectivity index (χ0v) is 18.0. The smallest absolute Gasteiger partial charge is 0.236 e. The summed E-state index contributed by atoms with van der Waals surface area (Å²) in [6.07, 6.45) is 0. The van der Waals surface area contributed by atoms with Crippen molar-refractivity contribution in [2.45, 2.75) is 27.0 Å². The Kier molecular flexibility index (Phi) is 7.97. The van der Waals surface area contributed by atoms with E-state index in [1.807, 2.05) is 18.7 Å². The number of hydrogen-bond donors (Lipinski definition) is 0. The Hall–Kier alpha value is -2.03. The molecule has 0 bridgehead atoms. The Labute approximate surface area is 175 Å². The van der Waals surface area contributed by atoms with Crippen LogP contribution in [-0.4, -0.2) is 71.4 Å². The number of aromatic nitrogens is 1. The van der Waals surface area contributed by atoms with Crippen LogP contribution >= 0.6 is 11.3 Å². The van der Waals surface area contributed by atoms with E-state index in [1.165, 1.54) is 12.1 Å². The highest BCUT2D eigenvalue weighted by molar-refractivity contribution is 7.09. The molecule has 0 aliphatic carbocycles. The number of benzene rings is 1. The molecule has 1 aromatic heterocycles. The fraction of sp³-hybridized carbons (Fsp3) is 0.524. The molecule has 1 aliphatic rings. The van der Waals surface area contributed by atoms with E-state index in [0.29, 0.717) is 18.9 Å². The lowest BCUT2D eigenvalue weighted by atomic mass is 10.3. The van der Waals surface area contributed by atoms with Crippen molar-refractivity contribution in [3.63, 3.8) is 0 Å². The second kappa shape index (κ2) is 10.7. The van der Waals surface area contributed by atoms with Crippen molar-refractivity contribution in [3.8, 4) is 5.75 Å². The van der Waals surface area contributed by atoms with Crippen molar-refractivity contribution in [1.29, 1.82) is 0 Å². The van der Waals surface area contributed by atoms with Gasteiger partial charge in [0.25, 0.3) is 0 Å². The molecule has 1 fully saturated rings. The molecule has 1 aromatic carbocycles. The molecular weight excluding hydrogens is 391 g/mol. The minimum Gasteiger partial charge on any atom is -0.486 e. The topological polar surface area (TPSA) is 48.9 Å². The molecule has 0 atom stereocenters. The number of likely N-dealkylation sites (N-methyl/N-ethyl adjacent to an activating group) is 1. The fourth-order valence-electron chi connectivity index (χ4n) is 3.37. The van der Waals surface area contributed by atoms with E-state index < -0.39 is 0 Å². The molecule has 158 valence electrons. The first kappa shape index (κ1) is 21.7. The van der Waals surface area contributed by atoms with Gasteiger partial charge in [-0.3, -0.25) is 14.6 Å². The van der Waals surface area contributed by atoms with Crippen molar-refractivity contribution >= 4 is 17.2 Å². The molecule has 1 amide bonds. The van der Waals surface area contributed by atoms with Crippen molar-refractivity contribution < 1.29 is 13.9 Å². The number of nitrogens with zero attached hydrogens (tertiary/aromatic N) is 4. The van der Waals surface area contributed by atoms with E-state index in [1.54, 1.807) is 23.5 Å². The largest absolute Gasteiger partial charge is 0.486 e. The average molecular weight is 421 g/mol. The second-order valence-electron chi connectivity index (χ2n) is 7.09. The van der Waals surface area contributed by atoms with Gasteiger partial charge in [0.15, 0.2) is 0 Å². The van der Waals surface area contributed by atoms with E-state index in [2.05, 4.69) is 20.2 Å². The Balaban J connectivity index is 1.40. The fourth-order valence-corrected chi connectivity index (χ4v) is 4.06. The summed E-state index contributed by atoms with van der Waals surface area (Å²) >= 11 is 1.58. The molecule has 6 nitrogen and oxygen atoms in total. The summed E-state index contributed by atoms with van der Waals surface area (Å²) in [5.74, 6) is 0.582. The summed E-state index contributed by atoms with van der Waals surface area (Å²) in [6, 6.07) is 6.01. The van der Waals surface area contributed by atoms with Gasteiger partial charge in [-0.05, 0) is 38.1 Å². The summed E-state index contributed by atoms with van der Waals surface area (Å²) in [4.78, 5) is 23.4.